The molecule has 0 aliphatic heterocycles. The van der Waals surface area contributed by atoms with Gasteiger partial charge in [-0.15, -0.1) is 0 Å². The summed E-state index contributed by atoms with van der Waals surface area (Å²) in [5.41, 5.74) is 4.38. The van der Waals surface area contributed by atoms with Crippen LogP contribution in [0.2, 0.25) is 0 Å². The molecule has 0 radical (unpaired) electrons. The maximum absolute atomic E-state index is 13.0. The Kier molecular flexibility index (Phi) is 7.97. The number of rotatable bonds is 10. The third-order valence-corrected chi connectivity index (χ3v) is 5.49. The first-order chi connectivity index (χ1) is 15.5. The van der Waals surface area contributed by atoms with Gasteiger partial charge in [-0.2, -0.15) is 0 Å². The van der Waals surface area contributed by atoms with E-state index < -0.39 is 4.92 Å². The lowest BCUT2D eigenvalue weighted by molar-refractivity contribution is -0.384. The van der Waals surface area contributed by atoms with Gasteiger partial charge >= 0.3 is 0 Å². The number of benzene rings is 2. The van der Waals surface area contributed by atoms with Crippen molar-refractivity contribution < 1.29 is 9.72 Å². The monoisotopic (exact) mass is 431 g/mol. The Bertz CT molecular complexity index is 1080. The molecule has 3 rings (SSSR count). The van der Waals surface area contributed by atoms with Crippen LogP contribution < -0.4 is 0 Å². The minimum atomic E-state index is -0.433. The van der Waals surface area contributed by atoms with E-state index in [2.05, 4.69) is 42.8 Å². The van der Waals surface area contributed by atoms with Gasteiger partial charge in [0.1, 0.15) is 0 Å². The van der Waals surface area contributed by atoms with Gasteiger partial charge in [-0.05, 0) is 60.4 Å². The number of nitrogens with zero attached hydrogens (tertiary/aromatic N) is 3. The Labute approximate surface area is 188 Å². The average molecular weight is 432 g/mol. The standard InChI is InChI=1S/C26H29N3O3/c1-3-4-17-28(26(30)16-13-22-11-14-24(15-12-22)29(31)32)20-25-10-7-18-27(25)19-23-9-6-5-8-21(23)2/h5-16,18H,3-4,17,19-20H2,1-2H3. The van der Waals surface area contributed by atoms with Crippen LogP contribution in [0.4, 0.5) is 5.69 Å². The molecule has 32 heavy (non-hydrogen) atoms. The first-order valence-electron chi connectivity index (χ1n) is 10.9. The van der Waals surface area contributed by atoms with Crippen LogP contribution in [0.5, 0.6) is 0 Å². The van der Waals surface area contributed by atoms with Gasteiger partial charge in [-0.25, -0.2) is 0 Å². The number of nitro benzene ring substituents is 1. The zero-order valence-corrected chi connectivity index (χ0v) is 18.6. The molecule has 0 unspecified atom stereocenters. The van der Waals surface area contributed by atoms with Crippen molar-refractivity contribution in [3.05, 3.63) is 105 Å². The molecule has 0 atom stereocenters. The minimum absolute atomic E-state index is 0.0347. The summed E-state index contributed by atoms with van der Waals surface area (Å²) < 4.78 is 2.19. The lowest BCUT2D eigenvalue weighted by atomic mass is 10.1. The van der Waals surface area contributed by atoms with E-state index >= 15 is 0 Å². The molecule has 0 saturated heterocycles. The molecule has 166 valence electrons. The number of aryl methyl sites for hydroxylation is 1. The fourth-order valence-electron chi connectivity index (χ4n) is 3.51. The maximum atomic E-state index is 13.0. The summed E-state index contributed by atoms with van der Waals surface area (Å²) >= 11 is 0. The summed E-state index contributed by atoms with van der Waals surface area (Å²) in [6.07, 6.45) is 7.23. The highest BCUT2D eigenvalue weighted by Gasteiger charge is 2.14. The zero-order valence-electron chi connectivity index (χ0n) is 18.6. The number of aromatic nitrogens is 1. The first-order valence-corrected chi connectivity index (χ1v) is 10.9. The van der Waals surface area contributed by atoms with Crippen LogP contribution in [0, 0.1) is 17.0 Å². The van der Waals surface area contributed by atoms with Crippen LogP contribution in [0.15, 0.2) is 72.9 Å². The Morgan fingerprint density at radius 3 is 2.53 bits per heavy atom. The number of unbranched alkanes of at least 4 members (excludes halogenated alkanes) is 1. The molecule has 3 aromatic rings. The first kappa shape index (κ1) is 23.0. The van der Waals surface area contributed by atoms with E-state index in [0.717, 1.165) is 30.6 Å². The summed E-state index contributed by atoms with van der Waals surface area (Å²) in [6, 6.07) is 18.6. The van der Waals surface area contributed by atoms with Crippen molar-refractivity contribution in [2.45, 2.75) is 39.8 Å². The third-order valence-electron chi connectivity index (χ3n) is 5.49. The molecule has 0 saturated carbocycles. The molecule has 0 aliphatic carbocycles. The van der Waals surface area contributed by atoms with E-state index in [-0.39, 0.29) is 11.6 Å². The highest BCUT2D eigenvalue weighted by atomic mass is 16.6. The van der Waals surface area contributed by atoms with Crippen LogP contribution in [-0.4, -0.2) is 26.8 Å². The van der Waals surface area contributed by atoms with Gasteiger partial charge in [-0.1, -0.05) is 37.6 Å². The highest BCUT2D eigenvalue weighted by Crippen LogP contribution is 2.16. The van der Waals surface area contributed by atoms with Crippen LogP contribution in [0.3, 0.4) is 0 Å². The van der Waals surface area contributed by atoms with Crippen molar-refractivity contribution in [1.29, 1.82) is 0 Å². The lowest BCUT2D eigenvalue weighted by Gasteiger charge is -2.22. The van der Waals surface area contributed by atoms with Gasteiger partial charge in [0.15, 0.2) is 0 Å². The van der Waals surface area contributed by atoms with Gasteiger partial charge in [0.2, 0.25) is 5.91 Å². The molecule has 1 aromatic heterocycles. The van der Waals surface area contributed by atoms with Gasteiger partial charge in [0, 0.05) is 43.2 Å². The summed E-state index contributed by atoms with van der Waals surface area (Å²) in [6.45, 7) is 6.19. The molecule has 0 N–H and O–H groups in total. The van der Waals surface area contributed by atoms with E-state index in [1.54, 1.807) is 24.3 Å². The van der Waals surface area contributed by atoms with Gasteiger partial charge in [-0.3, -0.25) is 14.9 Å². The molecule has 0 spiro atoms. The molecule has 2 aromatic carbocycles. The normalized spacial score (nSPS) is 11.1. The molecular weight excluding hydrogens is 402 g/mol. The second kappa shape index (κ2) is 11.1. The van der Waals surface area contributed by atoms with Crippen LogP contribution >= 0.6 is 0 Å². The summed E-state index contributed by atoms with van der Waals surface area (Å²) in [7, 11) is 0. The number of hydrogen-bond acceptors (Lipinski definition) is 3. The van der Waals surface area contributed by atoms with Crippen LogP contribution in [0.1, 0.15) is 42.1 Å². The van der Waals surface area contributed by atoms with Crippen molar-refractivity contribution in [2.75, 3.05) is 6.54 Å². The third kappa shape index (κ3) is 6.17. The number of nitro groups is 1. The quantitative estimate of drug-likeness (QED) is 0.238. The Balaban J connectivity index is 1.73. The molecule has 0 fully saturated rings. The predicted octanol–water partition coefficient (Wildman–Crippen LogP) is 5.60. The number of carbonyl (C=O) groups excluding carboxylic acids is 1. The van der Waals surface area contributed by atoms with E-state index in [0.29, 0.717) is 13.1 Å². The van der Waals surface area contributed by atoms with Gasteiger partial charge in [0.25, 0.3) is 5.69 Å². The highest BCUT2D eigenvalue weighted by molar-refractivity contribution is 5.91. The largest absolute Gasteiger partial charge is 0.345 e. The fraction of sp³-hybridized carbons (Fsp3) is 0.269. The predicted molar refractivity (Wildman–Crippen MR) is 127 cm³/mol. The molecule has 1 heterocycles. The molecular formula is C26H29N3O3. The van der Waals surface area contributed by atoms with Crippen molar-refractivity contribution in [3.63, 3.8) is 0 Å². The second-order valence-electron chi connectivity index (χ2n) is 7.85. The van der Waals surface area contributed by atoms with E-state index in [9.17, 15) is 14.9 Å². The zero-order chi connectivity index (χ0) is 22.9. The smallest absolute Gasteiger partial charge is 0.269 e. The van der Waals surface area contributed by atoms with E-state index in [1.165, 1.54) is 23.3 Å². The maximum Gasteiger partial charge on any atom is 0.269 e. The Morgan fingerprint density at radius 2 is 1.84 bits per heavy atom. The van der Waals surface area contributed by atoms with Crippen molar-refractivity contribution in [3.8, 4) is 0 Å². The molecule has 6 nitrogen and oxygen atoms in total. The van der Waals surface area contributed by atoms with Crippen molar-refractivity contribution in [2.24, 2.45) is 0 Å². The average Bonchev–Trinajstić information content (AvgIpc) is 3.23. The second-order valence-corrected chi connectivity index (χ2v) is 7.85. The fourth-order valence-corrected chi connectivity index (χ4v) is 3.51. The van der Waals surface area contributed by atoms with Crippen molar-refractivity contribution >= 4 is 17.7 Å². The lowest BCUT2D eigenvalue weighted by Crippen LogP contribution is -2.31. The van der Waals surface area contributed by atoms with Crippen LogP contribution in [0.25, 0.3) is 6.08 Å². The number of carbonyl (C=O) groups is 1. The van der Waals surface area contributed by atoms with Gasteiger partial charge in [0.05, 0.1) is 11.5 Å². The Hall–Kier alpha value is -3.67. The summed E-state index contributed by atoms with van der Waals surface area (Å²) in [5, 5.41) is 10.8. The Morgan fingerprint density at radius 1 is 1.09 bits per heavy atom. The summed E-state index contributed by atoms with van der Waals surface area (Å²) in [4.78, 5) is 25.2. The van der Waals surface area contributed by atoms with E-state index in [1.807, 2.05) is 23.1 Å². The topological polar surface area (TPSA) is 68.4 Å². The molecule has 0 bridgehead atoms. The minimum Gasteiger partial charge on any atom is -0.345 e. The SMILES string of the molecule is CCCCN(Cc1cccn1Cc1ccccc1C)C(=O)C=Cc1ccc([N+](=O)[O-])cc1. The molecule has 6 heteroatoms. The number of amides is 1. The van der Waals surface area contributed by atoms with Crippen molar-refractivity contribution in [1.82, 2.24) is 9.47 Å². The molecule has 0 aliphatic rings. The van der Waals surface area contributed by atoms with Gasteiger partial charge < -0.3 is 9.47 Å². The summed E-state index contributed by atoms with van der Waals surface area (Å²) in [5.74, 6) is -0.0690. The van der Waals surface area contributed by atoms with E-state index in [4.69, 9.17) is 0 Å². The molecule has 1 amide bonds. The number of hydrogen-bond donors (Lipinski definition) is 0. The number of non-ortho nitro benzene ring substituents is 1. The van der Waals surface area contributed by atoms with Crippen LogP contribution in [-0.2, 0) is 17.9 Å².